The monoisotopic (exact) mass is 236 g/mol. The van der Waals surface area contributed by atoms with E-state index in [9.17, 15) is 0 Å². The molecule has 0 fully saturated rings. The molecule has 1 aromatic heterocycles. The summed E-state index contributed by atoms with van der Waals surface area (Å²) in [6.45, 7) is 8.82. The highest BCUT2D eigenvalue weighted by molar-refractivity contribution is 5.13. The van der Waals surface area contributed by atoms with E-state index in [1.165, 1.54) is 0 Å². The van der Waals surface area contributed by atoms with Crippen LogP contribution in [-0.2, 0) is 4.74 Å². The van der Waals surface area contributed by atoms with Crippen LogP contribution in [0.4, 0.5) is 0 Å². The maximum absolute atomic E-state index is 5.63. The Morgan fingerprint density at radius 2 is 2.12 bits per heavy atom. The Balaban J connectivity index is 2.60. The van der Waals surface area contributed by atoms with Crippen molar-refractivity contribution in [3.8, 4) is 0 Å². The van der Waals surface area contributed by atoms with Gasteiger partial charge in [-0.1, -0.05) is 19.9 Å². The molecular weight excluding hydrogens is 212 g/mol. The van der Waals surface area contributed by atoms with Gasteiger partial charge in [0.25, 0.3) is 0 Å². The number of aryl methyl sites for hydroxylation is 1. The predicted molar refractivity (Wildman–Crippen MR) is 71.1 cm³/mol. The summed E-state index contributed by atoms with van der Waals surface area (Å²) in [5.74, 6) is 0. The third-order valence-electron chi connectivity index (χ3n) is 2.54. The highest BCUT2D eigenvalue weighted by Gasteiger charge is 2.12. The van der Waals surface area contributed by atoms with Gasteiger partial charge >= 0.3 is 0 Å². The number of aromatic nitrogens is 1. The van der Waals surface area contributed by atoms with Gasteiger partial charge in [0.05, 0.1) is 18.3 Å². The molecule has 0 amide bonds. The molecule has 1 aromatic rings. The maximum Gasteiger partial charge on any atom is 0.0732 e. The fraction of sp³-hybridized carbons (Fsp3) is 0.643. The van der Waals surface area contributed by atoms with Crippen LogP contribution in [0.1, 0.15) is 44.1 Å². The van der Waals surface area contributed by atoms with Crippen molar-refractivity contribution in [3.05, 3.63) is 29.6 Å². The topological polar surface area (TPSA) is 34.1 Å². The molecule has 0 spiro atoms. The van der Waals surface area contributed by atoms with Crippen LogP contribution < -0.4 is 5.32 Å². The number of hydrogen-bond acceptors (Lipinski definition) is 3. The number of rotatable bonds is 8. The van der Waals surface area contributed by atoms with E-state index in [1.807, 2.05) is 13.0 Å². The zero-order valence-electron chi connectivity index (χ0n) is 11.2. The SMILES string of the molecule is CCCNC(COCCC)c1cccc(C)n1. The van der Waals surface area contributed by atoms with Crippen LogP contribution in [-0.4, -0.2) is 24.7 Å². The summed E-state index contributed by atoms with van der Waals surface area (Å²) in [5, 5.41) is 3.48. The van der Waals surface area contributed by atoms with Crippen LogP contribution in [0.25, 0.3) is 0 Å². The number of nitrogens with one attached hydrogen (secondary N) is 1. The minimum absolute atomic E-state index is 0.210. The Hall–Kier alpha value is -0.930. The summed E-state index contributed by atoms with van der Waals surface area (Å²) in [5.41, 5.74) is 2.14. The fourth-order valence-corrected chi connectivity index (χ4v) is 1.67. The first-order valence-electron chi connectivity index (χ1n) is 6.52. The number of ether oxygens (including phenoxy) is 1. The Morgan fingerprint density at radius 3 is 2.76 bits per heavy atom. The van der Waals surface area contributed by atoms with Crippen molar-refractivity contribution in [3.63, 3.8) is 0 Å². The summed E-state index contributed by atoms with van der Waals surface area (Å²) in [6, 6.07) is 6.35. The lowest BCUT2D eigenvalue weighted by Crippen LogP contribution is -2.27. The van der Waals surface area contributed by atoms with E-state index in [4.69, 9.17) is 4.74 Å². The fourth-order valence-electron chi connectivity index (χ4n) is 1.67. The van der Waals surface area contributed by atoms with Crippen molar-refractivity contribution in [1.82, 2.24) is 10.3 Å². The molecule has 1 atom stereocenters. The van der Waals surface area contributed by atoms with Crippen molar-refractivity contribution in [2.45, 2.75) is 39.7 Å². The highest BCUT2D eigenvalue weighted by atomic mass is 16.5. The molecule has 3 heteroatoms. The van der Waals surface area contributed by atoms with E-state index in [2.05, 4.69) is 36.3 Å². The summed E-state index contributed by atoms with van der Waals surface area (Å²) in [4.78, 5) is 4.56. The quantitative estimate of drug-likeness (QED) is 0.705. The molecule has 0 radical (unpaired) electrons. The van der Waals surface area contributed by atoms with Crippen molar-refractivity contribution in [2.24, 2.45) is 0 Å². The molecule has 0 bridgehead atoms. The van der Waals surface area contributed by atoms with Crippen LogP contribution >= 0.6 is 0 Å². The van der Waals surface area contributed by atoms with Crippen LogP contribution in [0.5, 0.6) is 0 Å². The van der Waals surface area contributed by atoms with Crippen LogP contribution in [0.15, 0.2) is 18.2 Å². The molecule has 0 saturated heterocycles. The van der Waals surface area contributed by atoms with E-state index in [1.54, 1.807) is 0 Å². The molecule has 1 unspecified atom stereocenters. The lowest BCUT2D eigenvalue weighted by Gasteiger charge is -2.18. The third-order valence-corrected chi connectivity index (χ3v) is 2.54. The van der Waals surface area contributed by atoms with Gasteiger partial charge in [0.1, 0.15) is 0 Å². The summed E-state index contributed by atoms with van der Waals surface area (Å²) >= 11 is 0. The van der Waals surface area contributed by atoms with E-state index in [0.717, 1.165) is 37.4 Å². The second kappa shape index (κ2) is 8.20. The standard InChI is InChI=1S/C14H24N2O/c1-4-9-15-14(11-17-10-5-2)13-8-6-7-12(3)16-13/h6-8,14-15H,4-5,9-11H2,1-3H3. The zero-order chi connectivity index (χ0) is 12.5. The summed E-state index contributed by atoms with van der Waals surface area (Å²) < 4.78 is 5.63. The van der Waals surface area contributed by atoms with E-state index >= 15 is 0 Å². The minimum Gasteiger partial charge on any atom is -0.379 e. The first kappa shape index (κ1) is 14.1. The molecule has 3 nitrogen and oxygen atoms in total. The van der Waals surface area contributed by atoms with Gasteiger partial charge < -0.3 is 10.1 Å². The number of hydrogen-bond donors (Lipinski definition) is 1. The highest BCUT2D eigenvalue weighted by Crippen LogP contribution is 2.11. The maximum atomic E-state index is 5.63. The first-order chi connectivity index (χ1) is 8.27. The van der Waals surface area contributed by atoms with Gasteiger partial charge in [0.15, 0.2) is 0 Å². The molecule has 96 valence electrons. The van der Waals surface area contributed by atoms with Gasteiger partial charge in [0.2, 0.25) is 0 Å². The average Bonchev–Trinajstić information content (AvgIpc) is 2.33. The molecular formula is C14H24N2O. The second-order valence-electron chi connectivity index (χ2n) is 4.29. The average molecular weight is 236 g/mol. The van der Waals surface area contributed by atoms with Gasteiger partial charge in [-0.3, -0.25) is 4.98 Å². The Morgan fingerprint density at radius 1 is 1.29 bits per heavy atom. The number of nitrogens with zero attached hydrogens (tertiary/aromatic N) is 1. The molecule has 1 rings (SSSR count). The Labute approximate surface area is 105 Å². The van der Waals surface area contributed by atoms with Crippen LogP contribution in [0.3, 0.4) is 0 Å². The van der Waals surface area contributed by atoms with Crippen molar-refractivity contribution < 1.29 is 4.74 Å². The smallest absolute Gasteiger partial charge is 0.0732 e. The number of pyridine rings is 1. The van der Waals surface area contributed by atoms with Crippen molar-refractivity contribution in [1.29, 1.82) is 0 Å². The molecule has 0 aliphatic carbocycles. The molecule has 0 saturated carbocycles. The molecule has 1 N–H and O–H groups in total. The van der Waals surface area contributed by atoms with Gasteiger partial charge in [-0.15, -0.1) is 0 Å². The van der Waals surface area contributed by atoms with Gasteiger partial charge in [-0.05, 0) is 38.4 Å². The van der Waals surface area contributed by atoms with Gasteiger partial charge in [0, 0.05) is 12.3 Å². The van der Waals surface area contributed by atoms with Crippen molar-refractivity contribution >= 4 is 0 Å². The molecule has 1 heterocycles. The van der Waals surface area contributed by atoms with Crippen molar-refractivity contribution in [2.75, 3.05) is 19.8 Å². The zero-order valence-corrected chi connectivity index (χ0v) is 11.2. The van der Waals surface area contributed by atoms with Crippen LogP contribution in [0.2, 0.25) is 0 Å². The van der Waals surface area contributed by atoms with E-state index in [-0.39, 0.29) is 6.04 Å². The Kier molecular flexibility index (Phi) is 6.82. The lowest BCUT2D eigenvalue weighted by atomic mass is 10.2. The van der Waals surface area contributed by atoms with E-state index < -0.39 is 0 Å². The summed E-state index contributed by atoms with van der Waals surface area (Å²) in [7, 11) is 0. The van der Waals surface area contributed by atoms with Crippen LogP contribution in [0, 0.1) is 6.92 Å². The minimum atomic E-state index is 0.210. The van der Waals surface area contributed by atoms with E-state index in [0.29, 0.717) is 6.61 Å². The molecule has 0 aliphatic rings. The Bertz CT molecular complexity index is 315. The molecule has 0 aromatic carbocycles. The first-order valence-corrected chi connectivity index (χ1v) is 6.52. The van der Waals surface area contributed by atoms with Gasteiger partial charge in [-0.25, -0.2) is 0 Å². The van der Waals surface area contributed by atoms with Gasteiger partial charge in [-0.2, -0.15) is 0 Å². The largest absolute Gasteiger partial charge is 0.379 e. The molecule has 17 heavy (non-hydrogen) atoms. The molecule has 0 aliphatic heterocycles. The normalized spacial score (nSPS) is 12.6. The third kappa shape index (κ3) is 5.29. The summed E-state index contributed by atoms with van der Waals surface area (Å²) in [6.07, 6.45) is 2.18. The lowest BCUT2D eigenvalue weighted by molar-refractivity contribution is 0.111. The second-order valence-corrected chi connectivity index (χ2v) is 4.29. The predicted octanol–water partition coefficient (Wildman–Crippen LogP) is 2.86.